The maximum atomic E-state index is 12.8. The Bertz CT molecular complexity index is 178. The Balaban J connectivity index is 4.46. The summed E-state index contributed by atoms with van der Waals surface area (Å²) in [7, 11) is 0. The smallest absolute Gasteiger partial charge is 0.124 e. The highest BCUT2D eigenvalue weighted by atomic mass is 19.1. The Labute approximate surface area is 66.6 Å². The number of hydrogen-bond acceptors (Lipinski definition) is 0. The zero-order chi connectivity index (χ0) is 8.85. The maximum absolute atomic E-state index is 12.8. The van der Waals surface area contributed by atoms with Crippen LogP contribution in [-0.4, -0.2) is 0 Å². The van der Waals surface area contributed by atoms with Gasteiger partial charge in [0.1, 0.15) is 11.7 Å². The summed E-state index contributed by atoms with van der Waals surface area (Å²) in [6.07, 6.45) is 2.24. The molecule has 0 N–H and O–H groups in total. The predicted octanol–water partition coefficient (Wildman–Crippen LogP) is 3.90. The van der Waals surface area contributed by atoms with Crippen molar-refractivity contribution in [2.24, 2.45) is 0 Å². The summed E-state index contributed by atoms with van der Waals surface area (Å²) in [5.74, 6) is -0.806. The van der Waals surface area contributed by atoms with E-state index < -0.39 is 5.83 Å². The molecule has 64 valence electrons. The molecule has 0 atom stereocenters. The number of hydrogen-bond donors (Lipinski definition) is 0. The lowest BCUT2D eigenvalue weighted by atomic mass is 10.2. The fourth-order valence-corrected chi connectivity index (χ4v) is 0.727. The van der Waals surface area contributed by atoms with Crippen LogP contribution in [0.3, 0.4) is 0 Å². The molecule has 0 aromatic heterocycles. The Morgan fingerprint density at radius 2 is 1.82 bits per heavy atom. The summed E-state index contributed by atoms with van der Waals surface area (Å²) in [4.78, 5) is 0. The molecule has 0 saturated carbocycles. The second kappa shape index (κ2) is 5.05. The highest BCUT2D eigenvalue weighted by Gasteiger charge is 2.03. The minimum Gasteiger partial charge on any atom is -0.211 e. The van der Waals surface area contributed by atoms with E-state index in [1.54, 1.807) is 6.92 Å². The molecule has 0 heterocycles. The van der Waals surface area contributed by atoms with Crippen molar-refractivity contribution in [3.8, 4) is 0 Å². The van der Waals surface area contributed by atoms with Crippen molar-refractivity contribution < 1.29 is 8.78 Å². The van der Waals surface area contributed by atoms with Crippen LogP contribution < -0.4 is 0 Å². The summed E-state index contributed by atoms with van der Waals surface area (Å²) in [5, 5.41) is 0. The van der Waals surface area contributed by atoms with Crippen LogP contribution in [0.2, 0.25) is 0 Å². The van der Waals surface area contributed by atoms with E-state index >= 15 is 0 Å². The second-order valence-corrected chi connectivity index (χ2v) is 2.34. The molecule has 0 rings (SSSR count). The van der Waals surface area contributed by atoms with Crippen LogP contribution in [0.1, 0.15) is 33.6 Å². The molecule has 0 bridgehead atoms. The molecule has 0 spiro atoms. The Hall–Kier alpha value is -0.660. The van der Waals surface area contributed by atoms with Crippen molar-refractivity contribution in [2.75, 3.05) is 0 Å². The van der Waals surface area contributed by atoms with Crippen molar-refractivity contribution in [1.82, 2.24) is 0 Å². The Kier molecular flexibility index (Phi) is 4.75. The van der Waals surface area contributed by atoms with Gasteiger partial charge in [-0.2, -0.15) is 0 Å². The number of allylic oxidation sites excluding steroid dienone is 4. The van der Waals surface area contributed by atoms with E-state index in [-0.39, 0.29) is 17.8 Å². The maximum Gasteiger partial charge on any atom is 0.124 e. The molecule has 0 aliphatic heterocycles. The van der Waals surface area contributed by atoms with E-state index in [2.05, 4.69) is 0 Å². The van der Waals surface area contributed by atoms with E-state index in [9.17, 15) is 8.78 Å². The van der Waals surface area contributed by atoms with E-state index in [1.165, 1.54) is 13.0 Å². The quantitative estimate of drug-likeness (QED) is 0.549. The zero-order valence-corrected chi connectivity index (χ0v) is 7.25. The third-order valence-electron chi connectivity index (χ3n) is 1.46. The molecular weight excluding hydrogens is 146 g/mol. The van der Waals surface area contributed by atoms with E-state index in [0.717, 1.165) is 0 Å². The van der Waals surface area contributed by atoms with Crippen molar-refractivity contribution in [2.45, 2.75) is 33.6 Å². The molecule has 2 heteroatoms. The van der Waals surface area contributed by atoms with E-state index in [1.807, 2.05) is 6.92 Å². The second-order valence-electron chi connectivity index (χ2n) is 2.34. The Morgan fingerprint density at radius 1 is 1.27 bits per heavy atom. The first kappa shape index (κ1) is 10.3. The van der Waals surface area contributed by atoms with Crippen molar-refractivity contribution in [3.63, 3.8) is 0 Å². The highest BCUT2D eigenvalue weighted by molar-refractivity contribution is 5.25. The van der Waals surface area contributed by atoms with Gasteiger partial charge < -0.3 is 0 Å². The summed E-state index contributed by atoms with van der Waals surface area (Å²) < 4.78 is 25.5. The van der Waals surface area contributed by atoms with Gasteiger partial charge in [0.15, 0.2) is 0 Å². The standard InChI is InChI=1S/C9H14F2/c1-4-6-9(11)7(3)8(10)5-2/h6H,4-5H2,1-3H3/b8-7+,9-6+. The van der Waals surface area contributed by atoms with Crippen LogP contribution in [-0.2, 0) is 0 Å². The van der Waals surface area contributed by atoms with Crippen LogP contribution in [0.15, 0.2) is 23.3 Å². The molecular formula is C9H14F2. The molecule has 0 radical (unpaired) electrons. The first-order valence-electron chi connectivity index (χ1n) is 3.84. The molecule has 0 fully saturated rings. The van der Waals surface area contributed by atoms with Gasteiger partial charge in [-0.15, -0.1) is 0 Å². The zero-order valence-electron chi connectivity index (χ0n) is 7.25. The van der Waals surface area contributed by atoms with Gasteiger partial charge in [0.25, 0.3) is 0 Å². The lowest BCUT2D eigenvalue weighted by Gasteiger charge is -1.98. The van der Waals surface area contributed by atoms with Gasteiger partial charge in [-0.05, 0) is 25.8 Å². The van der Waals surface area contributed by atoms with Crippen LogP contribution >= 0.6 is 0 Å². The molecule has 0 nitrogen and oxygen atoms in total. The van der Waals surface area contributed by atoms with Crippen molar-refractivity contribution in [3.05, 3.63) is 23.3 Å². The summed E-state index contributed by atoms with van der Waals surface area (Å²) in [6, 6.07) is 0. The third kappa shape index (κ3) is 3.30. The molecule has 0 aliphatic rings. The van der Waals surface area contributed by atoms with Gasteiger partial charge in [0.05, 0.1) is 0 Å². The van der Waals surface area contributed by atoms with Gasteiger partial charge in [0.2, 0.25) is 0 Å². The monoisotopic (exact) mass is 160 g/mol. The average Bonchev–Trinajstić information content (AvgIpc) is 2.02. The number of rotatable bonds is 3. The lowest BCUT2D eigenvalue weighted by molar-refractivity contribution is 0.569. The van der Waals surface area contributed by atoms with Crippen molar-refractivity contribution in [1.29, 1.82) is 0 Å². The molecule has 0 amide bonds. The third-order valence-corrected chi connectivity index (χ3v) is 1.46. The molecule has 0 aromatic rings. The predicted molar refractivity (Wildman–Crippen MR) is 43.6 cm³/mol. The van der Waals surface area contributed by atoms with Crippen LogP contribution in [0.25, 0.3) is 0 Å². The minimum absolute atomic E-state index is 0.134. The molecule has 11 heavy (non-hydrogen) atoms. The molecule has 0 saturated heterocycles. The van der Waals surface area contributed by atoms with E-state index in [0.29, 0.717) is 6.42 Å². The Morgan fingerprint density at radius 3 is 2.18 bits per heavy atom. The summed E-state index contributed by atoms with van der Waals surface area (Å²) >= 11 is 0. The molecule has 0 aliphatic carbocycles. The first-order valence-corrected chi connectivity index (χ1v) is 3.84. The topological polar surface area (TPSA) is 0 Å². The number of halogens is 2. The van der Waals surface area contributed by atoms with E-state index in [4.69, 9.17) is 0 Å². The minimum atomic E-state index is -0.438. The largest absolute Gasteiger partial charge is 0.211 e. The van der Waals surface area contributed by atoms with Crippen molar-refractivity contribution >= 4 is 0 Å². The lowest BCUT2D eigenvalue weighted by Crippen LogP contribution is -1.82. The van der Waals surface area contributed by atoms with Gasteiger partial charge in [-0.1, -0.05) is 13.8 Å². The molecule has 0 aromatic carbocycles. The van der Waals surface area contributed by atoms with Gasteiger partial charge in [-0.3, -0.25) is 0 Å². The van der Waals surface area contributed by atoms with Gasteiger partial charge >= 0.3 is 0 Å². The molecule has 0 unspecified atom stereocenters. The normalized spacial score (nSPS) is 14.8. The fraction of sp³-hybridized carbons (Fsp3) is 0.556. The first-order chi connectivity index (χ1) is 5.13. The fourth-order valence-electron chi connectivity index (χ4n) is 0.727. The average molecular weight is 160 g/mol. The van der Waals surface area contributed by atoms with Crippen LogP contribution in [0, 0.1) is 0 Å². The summed E-state index contributed by atoms with van der Waals surface area (Å²) in [6.45, 7) is 4.94. The SMILES string of the molecule is CC/C=C(F)\C(C)=C(\F)CC. The van der Waals surface area contributed by atoms with Crippen LogP contribution in [0.4, 0.5) is 8.78 Å². The highest BCUT2D eigenvalue weighted by Crippen LogP contribution is 2.19. The van der Waals surface area contributed by atoms with Gasteiger partial charge in [-0.25, -0.2) is 8.78 Å². The van der Waals surface area contributed by atoms with Gasteiger partial charge in [0, 0.05) is 5.57 Å². The van der Waals surface area contributed by atoms with Crippen LogP contribution in [0.5, 0.6) is 0 Å². The summed E-state index contributed by atoms with van der Waals surface area (Å²) in [5.41, 5.74) is 0.134.